The Balaban J connectivity index is 5.11. The first-order valence-electron chi connectivity index (χ1n) is 12.8. The first-order valence-corrected chi connectivity index (χ1v) is 12.8. The van der Waals surface area contributed by atoms with Crippen LogP contribution >= 0.6 is 0 Å². The van der Waals surface area contributed by atoms with Crippen LogP contribution in [0.25, 0.3) is 0 Å². The van der Waals surface area contributed by atoms with Crippen molar-refractivity contribution < 1.29 is 19.8 Å². The van der Waals surface area contributed by atoms with Gasteiger partial charge in [-0.1, -0.05) is 105 Å². The molecule has 0 heterocycles. The molecule has 0 saturated carbocycles. The molecule has 0 spiro atoms. The molecule has 4 nitrogen and oxygen atoms in total. The Morgan fingerprint density at radius 2 is 1.17 bits per heavy atom. The lowest BCUT2D eigenvalue weighted by atomic mass is 9.67. The fraction of sp³-hybridized carbons (Fsp3) is 0.923. The van der Waals surface area contributed by atoms with Gasteiger partial charge in [0.2, 0.25) is 0 Å². The highest BCUT2D eigenvalue weighted by molar-refractivity contribution is 5.74. The molecule has 0 aromatic rings. The summed E-state index contributed by atoms with van der Waals surface area (Å²) < 4.78 is 0. The van der Waals surface area contributed by atoms with Crippen molar-refractivity contribution in [2.24, 2.45) is 17.3 Å². The summed E-state index contributed by atoms with van der Waals surface area (Å²) in [6.45, 7) is 8.84. The molecule has 0 aromatic heterocycles. The SMILES string of the molecule is CCCC[C@H](CC)CC(CCCCCCCC(=O)O)(C[C@@H](CC)CCCC)C(=O)O. The van der Waals surface area contributed by atoms with Crippen molar-refractivity contribution in [3.05, 3.63) is 0 Å². The molecule has 0 radical (unpaired) electrons. The van der Waals surface area contributed by atoms with Gasteiger partial charge in [0.25, 0.3) is 0 Å². The second kappa shape index (κ2) is 17.6. The standard InChI is InChI=1S/C26H50O4/c1-5-9-16-22(7-3)20-26(25(29)30,21-23(8-4)17-10-6-2)19-15-13-11-12-14-18-24(27)28/h22-23H,5-21H2,1-4H3,(H,27,28)(H,29,30)/t22-,23-/m0/s1. The Bertz CT molecular complexity index is 428. The van der Waals surface area contributed by atoms with Gasteiger partial charge in [0.05, 0.1) is 5.41 Å². The van der Waals surface area contributed by atoms with E-state index >= 15 is 0 Å². The number of carboxylic acid groups (broad SMARTS) is 2. The highest BCUT2D eigenvalue weighted by Gasteiger charge is 2.40. The minimum Gasteiger partial charge on any atom is -0.481 e. The van der Waals surface area contributed by atoms with Gasteiger partial charge in [-0.2, -0.15) is 0 Å². The smallest absolute Gasteiger partial charge is 0.309 e. The van der Waals surface area contributed by atoms with Crippen molar-refractivity contribution in [1.29, 1.82) is 0 Å². The van der Waals surface area contributed by atoms with Crippen molar-refractivity contribution in [2.45, 2.75) is 137 Å². The van der Waals surface area contributed by atoms with Gasteiger partial charge in [0.15, 0.2) is 0 Å². The normalized spacial score (nSPS) is 13.9. The van der Waals surface area contributed by atoms with Crippen molar-refractivity contribution >= 4 is 11.9 Å². The number of aliphatic carboxylic acids is 2. The minimum atomic E-state index is -0.727. The summed E-state index contributed by atoms with van der Waals surface area (Å²) in [4.78, 5) is 23.3. The fourth-order valence-electron chi connectivity index (χ4n) is 4.83. The van der Waals surface area contributed by atoms with Crippen LogP contribution in [0.2, 0.25) is 0 Å². The van der Waals surface area contributed by atoms with E-state index in [1.165, 1.54) is 25.7 Å². The molecular weight excluding hydrogens is 376 g/mol. The van der Waals surface area contributed by atoms with E-state index in [1.54, 1.807) is 0 Å². The van der Waals surface area contributed by atoms with Crippen molar-refractivity contribution in [3.63, 3.8) is 0 Å². The predicted octanol–water partition coefficient (Wildman–Crippen LogP) is 8.09. The van der Waals surface area contributed by atoms with Gasteiger partial charge >= 0.3 is 11.9 Å². The number of hydrogen-bond donors (Lipinski definition) is 2. The van der Waals surface area contributed by atoms with Gasteiger partial charge in [-0.25, -0.2) is 0 Å². The van der Waals surface area contributed by atoms with Crippen molar-refractivity contribution in [1.82, 2.24) is 0 Å². The molecule has 0 unspecified atom stereocenters. The largest absolute Gasteiger partial charge is 0.481 e. The van der Waals surface area contributed by atoms with Gasteiger partial charge in [0.1, 0.15) is 0 Å². The molecule has 0 bridgehead atoms. The summed E-state index contributed by atoms with van der Waals surface area (Å²) in [5.41, 5.74) is -0.593. The van der Waals surface area contributed by atoms with E-state index in [4.69, 9.17) is 5.11 Å². The van der Waals surface area contributed by atoms with Gasteiger partial charge in [-0.15, -0.1) is 0 Å². The van der Waals surface area contributed by atoms with E-state index in [2.05, 4.69) is 27.7 Å². The molecule has 0 aliphatic heterocycles. The van der Waals surface area contributed by atoms with E-state index in [1.807, 2.05) is 0 Å². The summed E-state index contributed by atoms with van der Waals surface area (Å²) in [7, 11) is 0. The van der Waals surface area contributed by atoms with E-state index < -0.39 is 17.4 Å². The third-order valence-corrected chi connectivity index (χ3v) is 6.95. The summed E-state index contributed by atoms with van der Waals surface area (Å²) in [5, 5.41) is 19.2. The van der Waals surface area contributed by atoms with Crippen LogP contribution in [0.15, 0.2) is 0 Å². The minimum absolute atomic E-state index is 0.240. The van der Waals surface area contributed by atoms with Crippen molar-refractivity contribution in [2.75, 3.05) is 0 Å². The Morgan fingerprint density at radius 1 is 0.700 bits per heavy atom. The van der Waals surface area contributed by atoms with Crippen LogP contribution in [0.5, 0.6) is 0 Å². The second-order valence-corrected chi connectivity index (χ2v) is 9.49. The molecule has 30 heavy (non-hydrogen) atoms. The predicted molar refractivity (Wildman–Crippen MR) is 126 cm³/mol. The summed E-state index contributed by atoms with van der Waals surface area (Å²) >= 11 is 0. The van der Waals surface area contributed by atoms with Gasteiger partial charge < -0.3 is 10.2 Å². The third-order valence-electron chi connectivity index (χ3n) is 6.95. The third kappa shape index (κ3) is 12.6. The quantitative estimate of drug-likeness (QED) is 0.182. The number of carbonyl (C=O) groups is 2. The highest BCUT2D eigenvalue weighted by atomic mass is 16.4. The van der Waals surface area contributed by atoms with Crippen LogP contribution in [0, 0.1) is 17.3 Å². The zero-order valence-corrected chi connectivity index (χ0v) is 20.4. The summed E-state index contributed by atoms with van der Waals surface area (Å²) in [6, 6.07) is 0. The number of rotatable bonds is 21. The molecular formula is C26H50O4. The molecule has 4 heteroatoms. The monoisotopic (exact) mass is 426 g/mol. The highest BCUT2D eigenvalue weighted by Crippen LogP contribution is 2.43. The first kappa shape index (κ1) is 28.9. The van der Waals surface area contributed by atoms with E-state index in [0.717, 1.165) is 77.0 Å². The molecule has 0 saturated heterocycles. The number of hydrogen-bond acceptors (Lipinski definition) is 2. The Kier molecular flexibility index (Phi) is 17.0. The number of unbranched alkanes of at least 4 members (excludes halogenated alkanes) is 6. The molecule has 0 amide bonds. The molecule has 2 atom stereocenters. The lowest BCUT2D eigenvalue weighted by Gasteiger charge is -2.36. The molecule has 2 N–H and O–H groups in total. The Morgan fingerprint density at radius 3 is 1.57 bits per heavy atom. The van der Waals surface area contributed by atoms with Crippen LogP contribution < -0.4 is 0 Å². The lowest BCUT2D eigenvalue weighted by Crippen LogP contribution is -2.36. The van der Waals surface area contributed by atoms with Crippen LogP contribution in [0.3, 0.4) is 0 Å². The fourth-order valence-corrected chi connectivity index (χ4v) is 4.83. The Labute approximate surface area is 186 Å². The molecule has 0 rings (SSSR count). The van der Waals surface area contributed by atoms with Crippen LogP contribution in [-0.4, -0.2) is 22.2 Å². The zero-order valence-electron chi connectivity index (χ0n) is 20.4. The molecule has 178 valence electrons. The topological polar surface area (TPSA) is 74.6 Å². The zero-order chi connectivity index (χ0) is 22.8. The average Bonchev–Trinajstić information content (AvgIpc) is 2.72. The number of carboxylic acids is 2. The maximum Gasteiger partial charge on any atom is 0.309 e. The van der Waals surface area contributed by atoms with E-state index in [9.17, 15) is 14.7 Å². The molecule has 0 aliphatic rings. The van der Waals surface area contributed by atoms with Gasteiger partial charge in [0, 0.05) is 6.42 Å². The molecule has 0 aliphatic carbocycles. The maximum atomic E-state index is 12.6. The first-order chi connectivity index (χ1) is 14.3. The summed E-state index contributed by atoms with van der Waals surface area (Å²) in [6.07, 6.45) is 16.4. The van der Waals surface area contributed by atoms with Gasteiger partial charge in [-0.05, 0) is 37.5 Å². The maximum absolute atomic E-state index is 12.6. The Hall–Kier alpha value is -1.06. The van der Waals surface area contributed by atoms with Gasteiger partial charge in [-0.3, -0.25) is 9.59 Å². The molecule has 0 aromatic carbocycles. The summed E-state index contributed by atoms with van der Waals surface area (Å²) in [5.74, 6) is -0.311. The van der Waals surface area contributed by atoms with E-state index in [0.29, 0.717) is 11.8 Å². The molecule has 0 fully saturated rings. The second-order valence-electron chi connectivity index (χ2n) is 9.49. The van der Waals surface area contributed by atoms with Crippen LogP contribution in [-0.2, 0) is 9.59 Å². The lowest BCUT2D eigenvalue weighted by molar-refractivity contribution is -0.152. The van der Waals surface area contributed by atoms with Crippen LogP contribution in [0.4, 0.5) is 0 Å². The average molecular weight is 427 g/mol. The van der Waals surface area contributed by atoms with E-state index in [-0.39, 0.29) is 6.42 Å². The van der Waals surface area contributed by atoms with Crippen molar-refractivity contribution in [3.8, 4) is 0 Å². The van der Waals surface area contributed by atoms with Crippen LogP contribution in [0.1, 0.15) is 137 Å².